The number of benzene rings is 2. The van der Waals surface area contributed by atoms with Crippen LogP contribution < -0.4 is 0 Å². The SMILES string of the molecule is N#Cc1ccc(F)cc1CS(=O)c1cccc(Cl)c1. The molecule has 0 saturated carbocycles. The molecule has 0 aliphatic heterocycles. The fourth-order valence-electron chi connectivity index (χ4n) is 1.62. The molecule has 19 heavy (non-hydrogen) atoms. The highest BCUT2D eigenvalue weighted by molar-refractivity contribution is 7.84. The standard InChI is InChI=1S/C14H9ClFNOS/c15-12-2-1-3-14(7-12)19(18)9-11-6-13(16)5-4-10(11)8-17/h1-7H,9H2. The quantitative estimate of drug-likeness (QED) is 0.866. The second-order valence-electron chi connectivity index (χ2n) is 3.86. The van der Waals surface area contributed by atoms with E-state index in [2.05, 4.69) is 0 Å². The molecule has 0 aromatic heterocycles. The van der Waals surface area contributed by atoms with E-state index in [9.17, 15) is 8.60 Å². The third kappa shape index (κ3) is 3.40. The molecule has 0 aliphatic rings. The zero-order valence-corrected chi connectivity index (χ0v) is 11.3. The number of hydrogen-bond donors (Lipinski definition) is 0. The third-order valence-electron chi connectivity index (χ3n) is 2.53. The highest BCUT2D eigenvalue weighted by atomic mass is 35.5. The van der Waals surface area contributed by atoms with Crippen molar-refractivity contribution in [3.63, 3.8) is 0 Å². The molecule has 0 fully saturated rings. The van der Waals surface area contributed by atoms with Crippen LogP contribution in [0.1, 0.15) is 11.1 Å². The van der Waals surface area contributed by atoms with Crippen molar-refractivity contribution in [2.24, 2.45) is 0 Å². The van der Waals surface area contributed by atoms with E-state index < -0.39 is 16.6 Å². The molecule has 1 atom stereocenters. The lowest BCUT2D eigenvalue weighted by atomic mass is 10.1. The Labute approximate surface area is 117 Å². The lowest BCUT2D eigenvalue weighted by Crippen LogP contribution is -1.99. The molecule has 0 aliphatic carbocycles. The third-order valence-corrected chi connectivity index (χ3v) is 4.12. The average molecular weight is 294 g/mol. The first kappa shape index (κ1) is 13.7. The highest BCUT2D eigenvalue weighted by Gasteiger charge is 2.10. The topological polar surface area (TPSA) is 40.9 Å². The molecular weight excluding hydrogens is 285 g/mol. The van der Waals surface area contributed by atoms with Crippen LogP contribution >= 0.6 is 11.6 Å². The fraction of sp³-hybridized carbons (Fsp3) is 0.0714. The molecule has 2 nitrogen and oxygen atoms in total. The van der Waals surface area contributed by atoms with Crippen LogP contribution in [-0.2, 0) is 16.6 Å². The van der Waals surface area contributed by atoms with Gasteiger partial charge >= 0.3 is 0 Å². The van der Waals surface area contributed by atoms with Gasteiger partial charge in [0.15, 0.2) is 0 Å². The predicted octanol–water partition coefficient (Wildman–Crippen LogP) is 3.66. The average Bonchev–Trinajstić information content (AvgIpc) is 2.39. The van der Waals surface area contributed by atoms with Crippen LogP contribution in [0.2, 0.25) is 5.02 Å². The number of hydrogen-bond acceptors (Lipinski definition) is 2. The second kappa shape index (κ2) is 5.96. The summed E-state index contributed by atoms with van der Waals surface area (Å²) < 4.78 is 25.3. The zero-order valence-electron chi connectivity index (χ0n) is 9.77. The lowest BCUT2D eigenvalue weighted by molar-refractivity contribution is 0.626. The van der Waals surface area contributed by atoms with Gasteiger partial charge in [0.2, 0.25) is 0 Å². The van der Waals surface area contributed by atoms with Gasteiger partial charge in [-0.3, -0.25) is 4.21 Å². The summed E-state index contributed by atoms with van der Waals surface area (Å²) in [5.74, 6) is -0.363. The van der Waals surface area contributed by atoms with Gasteiger partial charge in [0.25, 0.3) is 0 Å². The molecule has 2 rings (SSSR count). The summed E-state index contributed by atoms with van der Waals surface area (Å²) in [6.07, 6.45) is 0. The maximum Gasteiger partial charge on any atom is 0.123 e. The van der Waals surface area contributed by atoms with Crippen LogP contribution in [0.3, 0.4) is 0 Å². The van der Waals surface area contributed by atoms with Gasteiger partial charge in [-0.05, 0) is 42.0 Å². The van der Waals surface area contributed by atoms with Crippen molar-refractivity contribution in [3.05, 3.63) is 64.4 Å². The van der Waals surface area contributed by atoms with Gasteiger partial charge in [-0.1, -0.05) is 17.7 Å². The van der Waals surface area contributed by atoms with Gasteiger partial charge in [0.1, 0.15) is 5.82 Å². The summed E-state index contributed by atoms with van der Waals surface area (Å²) in [7, 11) is -1.37. The van der Waals surface area contributed by atoms with Crippen LogP contribution in [0.4, 0.5) is 4.39 Å². The van der Waals surface area contributed by atoms with Gasteiger partial charge in [0.05, 0.1) is 28.2 Å². The predicted molar refractivity (Wildman–Crippen MR) is 72.7 cm³/mol. The minimum absolute atomic E-state index is 0.0843. The van der Waals surface area contributed by atoms with Gasteiger partial charge in [-0.25, -0.2) is 4.39 Å². The van der Waals surface area contributed by atoms with Gasteiger partial charge in [0, 0.05) is 9.92 Å². The Morgan fingerprint density at radius 1 is 1.26 bits per heavy atom. The molecule has 0 radical (unpaired) electrons. The molecule has 0 bridgehead atoms. The smallest absolute Gasteiger partial charge is 0.123 e. The summed E-state index contributed by atoms with van der Waals surface area (Å²) in [6.45, 7) is 0. The molecular formula is C14H9ClFNOS. The maximum atomic E-state index is 13.2. The minimum atomic E-state index is -1.37. The van der Waals surface area contributed by atoms with E-state index in [1.54, 1.807) is 24.3 Å². The number of rotatable bonds is 3. The van der Waals surface area contributed by atoms with Crippen LogP contribution in [0, 0.1) is 17.1 Å². The maximum absolute atomic E-state index is 13.2. The summed E-state index contributed by atoms with van der Waals surface area (Å²) in [5, 5.41) is 9.44. The van der Waals surface area contributed by atoms with E-state index in [1.165, 1.54) is 18.2 Å². The van der Waals surface area contributed by atoms with Crippen molar-refractivity contribution in [2.75, 3.05) is 0 Å². The van der Waals surface area contributed by atoms with Crippen molar-refractivity contribution in [1.82, 2.24) is 0 Å². The molecule has 0 amide bonds. The van der Waals surface area contributed by atoms with Crippen LogP contribution in [0.25, 0.3) is 0 Å². The van der Waals surface area contributed by atoms with Gasteiger partial charge < -0.3 is 0 Å². The Balaban J connectivity index is 2.29. The molecule has 0 heterocycles. The van der Waals surface area contributed by atoms with E-state index in [-0.39, 0.29) is 5.75 Å². The minimum Gasteiger partial charge on any atom is -0.254 e. The van der Waals surface area contributed by atoms with Gasteiger partial charge in [-0.2, -0.15) is 5.26 Å². The van der Waals surface area contributed by atoms with Crippen molar-refractivity contribution in [1.29, 1.82) is 5.26 Å². The Bertz CT molecular complexity index is 681. The molecule has 96 valence electrons. The first-order chi connectivity index (χ1) is 9.10. The number of nitriles is 1. The molecule has 0 N–H and O–H groups in total. The summed E-state index contributed by atoms with van der Waals surface area (Å²) in [4.78, 5) is 0.556. The van der Waals surface area contributed by atoms with Crippen molar-refractivity contribution in [2.45, 2.75) is 10.6 Å². The van der Waals surface area contributed by atoms with Crippen LogP contribution in [0.5, 0.6) is 0 Å². The molecule has 5 heteroatoms. The summed E-state index contributed by atoms with van der Waals surface area (Å²) >= 11 is 5.83. The highest BCUT2D eigenvalue weighted by Crippen LogP contribution is 2.19. The van der Waals surface area contributed by atoms with E-state index in [1.807, 2.05) is 6.07 Å². The molecule has 2 aromatic rings. The van der Waals surface area contributed by atoms with Crippen LogP contribution in [-0.4, -0.2) is 4.21 Å². The first-order valence-electron chi connectivity index (χ1n) is 5.42. The van der Waals surface area contributed by atoms with Crippen LogP contribution in [0.15, 0.2) is 47.4 Å². The molecule has 1 unspecified atom stereocenters. The van der Waals surface area contributed by atoms with Crippen molar-refractivity contribution >= 4 is 22.4 Å². The number of halogens is 2. The zero-order chi connectivity index (χ0) is 13.8. The van der Waals surface area contributed by atoms with E-state index in [0.717, 1.165) is 0 Å². The Hall–Kier alpha value is -1.70. The Kier molecular flexibility index (Phi) is 4.31. The first-order valence-corrected chi connectivity index (χ1v) is 7.12. The second-order valence-corrected chi connectivity index (χ2v) is 5.75. The summed E-state index contributed by atoms with van der Waals surface area (Å²) in [6, 6.07) is 12.5. The summed E-state index contributed by atoms with van der Waals surface area (Å²) in [5.41, 5.74) is 0.762. The van der Waals surface area contributed by atoms with Crippen molar-refractivity contribution < 1.29 is 8.60 Å². The van der Waals surface area contributed by atoms with E-state index >= 15 is 0 Å². The van der Waals surface area contributed by atoms with Crippen molar-refractivity contribution in [3.8, 4) is 6.07 Å². The fourth-order valence-corrected chi connectivity index (χ4v) is 3.06. The van der Waals surface area contributed by atoms with E-state index in [0.29, 0.717) is 21.0 Å². The number of nitrogens with zero attached hydrogens (tertiary/aromatic N) is 1. The normalized spacial score (nSPS) is 11.8. The largest absolute Gasteiger partial charge is 0.254 e. The monoisotopic (exact) mass is 293 g/mol. The van der Waals surface area contributed by atoms with E-state index in [4.69, 9.17) is 16.9 Å². The Morgan fingerprint density at radius 3 is 2.74 bits per heavy atom. The lowest BCUT2D eigenvalue weighted by Gasteiger charge is -2.05. The van der Waals surface area contributed by atoms with Gasteiger partial charge in [-0.15, -0.1) is 0 Å². The Morgan fingerprint density at radius 2 is 2.05 bits per heavy atom. The molecule has 2 aromatic carbocycles. The molecule has 0 spiro atoms. The molecule has 0 saturated heterocycles.